The zero-order chi connectivity index (χ0) is 15.9. The third-order valence-corrected chi connectivity index (χ3v) is 4.90. The van der Waals surface area contributed by atoms with E-state index in [1.165, 1.54) is 12.8 Å². The molecule has 22 heavy (non-hydrogen) atoms. The molecule has 0 aromatic carbocycles. The number of piperidine rings is 1. The summed E-state index contributed by atoms with van der Waals surface area (Å²) in [5.41, 5.74) is 0. The third kappa shape index (κ3) is 4.97. The van der Waals surface area contributed by atoms with Crippen LogP contribution in [0.2, 0.25) is 0 Å². The Bertz CT molecular complexity index is 379. The lowest BCUT2D eigenvalue weighted by Crippen LogP contribution is -2.46. The smallest absolute Gasteiger partial charge is 0.303 e. The number of rotatable bonds is 7. The second-order valence-corrected chi connectivity index (χ2v) is 6.66. The maximum atomic E-state index is 12.7. The highest BCUT2D eigenvalue weighted by Gasteiger charge is 2.31. The fourth-order valence-corrected chi connectivity index (χ4v) is 3.62. The highest BCUT2D eigenvalue weighted by atomic mass is 16.5. The van der Waals surface area contributed by atoms with E-state index in [0.717, 1.165) is 32.2 Å². The lowest BCUT2D eigenvalue weighted by molar-refractivity contribution is -0.149. The number of carboxylic acids is 1. The summed E-state index contributed by atoms with van der Waals surface area (Å²) in [5.74, 6) is -0.327. The van der Waals surface area contributed by atoms with E-state index < -0.39 is 5.97 Å². The molecule has 1 saturated heterocycles. The quantitative estimate of drug-likeness (QED) is 0.785. The first-order valence-corrected chi connectivity index (χ1v) is 8.76. The van der Waals surface area contributed by atoms with Crippen molar-refractivity contribution in [2.75, 3.05) is 13.1 Å². The minimum atomic E-state index is -0.751. The van der Waals surface area contributed by atoms with Crippen molar-refractivity contribution in [1.82, 2.24) is 4.90 Å². The van der Waals surface area contributed by atoms with E-state index in [0.29, 0.717) is 25.3 Å². The molecule has 0 bridgehead atoms. The van der Waals surface area contributed by atoms with Crippen LogP contribution >= 0.6 is 0 Å². The molecule has 0 aromatic rings. The van der Waals surface area contributed by atoms with Crippen LogP contribution in [0.5, 0.6) is 0 Å². The molecule has 0 radical (unpaired) electrons. The lowest BCUT2D eigenvalue weighted by Gasteiger charge is -2.35. The topological polar surface area (TPSA) is 66.8 Å². The first-order chi connectivity index (χ1) is 10.6. The van der Waals surface area contributed by atoms with Crippen LogP contribution in [0.4, 0.5) is 0 Å². The number of aliphatic carboxylic acids is 1. The molecule has 2 fully saturated rings. The Morgan fingerprint density at radius 3 is 2.59 bits per heavy atom. The van der Waals surface area contributed by atoms with Gasteiger partial charge in [0.1, 0.15) is 6.10 Å². The molecule has 2 atom stereocenters. The molecule has 1 aliphatic heterocycles. The SMILES string of the molecule is CCC(OC1CCCC1)C(=O)N1CCCC(CCC(=O)O)C1. The number of hydrogen-bond acceptors (Lipinski definition) is 3. The Morgan fingerprint density at radius 2 is 1.95 bits per heavy atom. The Morgan fingerprint density at radius 1 is 1.23 bits per heavy atom. The summed E-state index contributed by atoms with van der Waals surface area (Å²) >= 11 is 0. The molecule has 1 aliphatic carbocycles. The van der Waals surface area contributed by atoms with Crippen molar-refractivity contribution in [3.63, 3.8) is 0 Å². The molecule has 0 aromatic heterocycles. The normalized spacial score (nSPS) is 24.4. The minimum Gasteiger partial charge on any atom is -0.481 e. The van der Waals surface area contributed by atoms with Crippen molar-refractivity contribution in [1.29, 1.82) is 0 Å². The highest BCUT2D eigenvalue weighted by molar-refractivity contribution is 5.81. The summed E-state index contributed by atoms with van der Waals surface area (Å²) in [4.78, 5) is 25.3. The van der Waals surface area contributed by atoms with E-state index in [2.05, 4.69) is 0 Å². The van der Waals surface area contributed by atoms with Crippen LogP contribution in [0.3, 0.4) is 0 Å². The number of carbonyl (C=O) groups excluding carboxylic acids is 1. The molecule has 1 heterocycles. The van der Waals surface area contributed by atoms with Gasteiger partial charge in [0, 0.05) is 19.5 Å². The van der Waals surface area contributed by atoms with Crippen molar-refractivity contribution in [2.24, 2.45) is 5.92 Å². The Kier molecular flexibility index (Phi) is 6.68. The maximum Gasteiger partial charge on any atom is 0.303 e. The molecule has 1 amide bonds. The number of carboxylic acid groups (broad SMARTS) is 1. The molecule has 2 rings (SSSR count). The third-order valence-electron chi connectivity index (χ3n) is 4.90. The van der Waals surface area contributed by atoms with Crippen molar-refractivity contribution in [3.05, 3.63) is 0 Å². The van der Waals surface area contributed by atoms with Gasteiger partial charge in [-0.2, -0.15) is 0 Å². The average Bonchev–Trinajstić information content (AvgIpc) is 3.03. The Labute approximate surface area is 133 Å². The summed E-state index contributed by atoms with van der Waals surface area (Å²) in [5, 5.41) is 8.80. The Hall–Kier alpha value is -1.10. The summed E-state index contributed by atoms with van der Waals surface area (Å²) in [6, 6.07) is 0. The van der Waals surface area contributed by atoms with Gasteiger partial charge in [0.2, 0.25) is 0 Å². The minimum absolute atomic E-state index is 0.106. The van der Waals surface area contributed by atoms with Crippen LogP contribution in [0.1, 0.15) is 64.7 Å². The monoisotopic (exact) mass is 311 g/mol. The number of likely N-dealkylation sites (tertiary alicyclic amines) is 1. The number of nitrogens with zero attached hydrogens (tertiary/aromatic N) is 1. The van der Waals surface area contributed by atoms with Gasteiger partial charge in [-0.3, -0.25) is 9.59 Å². The van der Waals surface area contributed by atoms with E-state index in [1.54, 1.807) is 0 Å². The second-order valence-electron chi connectivity index (χ2n) is 6.66. The van der Waals surface area contributed by atoms with Gasteiger partial charge in [-0.1, -0.05) is 19.8 Å². The average molecular weight is 311 g/mol. The predicted octanol–water partition coefficient (Wildman–Crippen LogP) is 2.83. The largest absolute Gasteiger partial charge is 0.481 e. The fourth-order valence-electron chi connectivity index (χ4n) is 3.62. The van der Waals surface area contributed by atoms with Gasteiger partial charge in [0.25, 0.3) is 5.91 Å². The van der Waals surface area contributed by atoms with E-state index in [4.69, 9.17) is 9.84 Å². The van der Waals surface area contributed by atoms with Crippen LogP contribution in [0, 0.1) is 5.92 Å². The standard InChI is InChI=1S/C17H29NO4/c1-2-15(22-14-7-3-4-8-14)17(21)18-11-5-6-13(12-18)9-10-16(19)20/h13-15H,2-12H2,1H3,(H,19,20). The number of carbonyl (C=O) groups is 2. The number of hydrogen-bond donors (Lipinski definition) is 1. The molecular weight excluding hydrogens is 282 g/mol. The highest BCUT2D eigenvalue weighted by Crippen LogP contribution is 2.25. The number of amides is 1. The fraction of sp³-hybridized carbons (Fsp3) is 0.882. The van der Waals surface area contributed by atoms with E-state index in [9.17, 15) is 9.59 Å². The van der Waals surface area contributed by atoms with Crippen LogP contribution < -0.4 is 0 Å². The first-order valence-electron chi connectivity index (χ1n) is 8.76. The van der Waals surface area contributed by atoms with Gasteiger partial charge < -0.3 is 14.7 Å². The van der Waals surface area contributed by atoms with Crippen LogP contribution in [0.15, 0.2) is 0 Å². The second kappa shape index (κ2) is 8.51. The molecule has 1 N–H and O–H groups in total. The molecular formula is C17H29NO4. The molecule has 2 unspecified atom stereocenters. The van der Waals surface area contributed by atoms with Gasteiger partial charge in [0.05, 0.1) is 6.10 Å². The van der Waals surface area contributed by atoms with Gasteiger partial charge in [-0.05, 0) is 44.4 Å². The summed E-state index contributed by atoms with van der Waals surface area (Å²) < 4.78 is 6.02. The maximum absolute atomic E-state index is 12.7. The summed E-state index contributed by atoms with van der Waals surface area (Å²) in [6.45, 7) is 3.48. The molecule has 2 aliphatic rings. The summed E-state index contributed by atoms with van der Waals surface area (Å²) in [6.07, 6.45) is 8.06. The zero-order valence-electron chi connectivity index (χ0n) is 13.6. The van der Waals surface area contributed by atoms with Crippen LogP contribution in [-0.4, -0.2) is 47.2 Å². The van der Waals surface area contributed by atoms with Gasteiger partial charge in [-0.15, -0.1) is 0 Å². The molecule has 5 nitrogen and oxygen atoms in total. The van der Waals surface area contributed by atoms with Crippen LogP contribution in [0.25, 0.3) is 0 Å². The van der Waals surface area contributed by atoms with Crippen LogP contribution in [-0.2, 0) is 14.3 Å². The predicted molar refractivity (Wildman–Crippen MR) is 83.6 cm³/mol. The van der Waals surface area contributed by atoms with E-state index >= 15 is 0 Å². The molecule has 0 spiro atoms. The number of ether oxygens (including phenoxy) is 1. The zero-order valence-corrected chi connectivity index (χ0v) is 13.6. The molecule has 5 heteroatoms. The lowest BCUT2D eigenvalue weighted by atomic mass is 9.93. The van der Waals surface area contributed by atoms with E-state index in [-0.39, 0.29) is 24.5 Å². The van der Waals surface area contributed by atoms with Gasteiger partial charge >= 0.3 is 5.97 Å². The van der Waals surface area contributed by atoms with Crippen molar-refractivity contribution in [2.45, 2.75) is 76.9 Å². The molecule has 126 valence electrons. The molecule has 1 saturated carbocycles. The summed E-state index contributed by atoms with van der Waals surface area (Å²) in [7, 11) is 0. The van der Waals surface area contributed by atoms with Crippen molar-refractivity contribution in [3.8, 4) is 0 Å². The van der Waals surface area contributed by atoms with Gasteiger partial charge in [-0.25, -0.2) is 0 Å². The van der Waals surface area contributed by atoms with E-state index in [1.807, 2.05) is 11.8 Å². The van der Waals surface area contributed by atoms with Crippen molar-refractivity contribution >= 4 is 11.9 Å². The first kappa shape index (κ1) is 17.3. The van der Waals surface area contributed by atoms with Crippen molar-refractivity contribution < 1.29 is 19.4 Å². The Balaban J connectivity index is 1.84. The van der Waals surface area contributed by atoms with Gasteiger partial charge in [0.15, 0.2) is 0 Å².